The number of hydrogen-bond acceptors (Lipinski definition) is 3. The third-order valence-corrected chi connectivity index (χ3v) is 3.96. The van der Waals surface area contributed by atoms with Crippen molar-refractivity contribution < 1.29 is 4.74 Å². The van der Waals surface area contributed by atoms with Crippen LogP contribution in [-0.4, -0.2) is 25.8 Å². The van der Waals surface area contributed by atoms with E-state index in [0.29, 0.717) is 6.10 Å². The van der Waals surface area contributed by atoms with E-state index in [2.05, 4.69) is 43.0 Å². The first-order valence-electron chi connectivity index (χ1n) is 7.46. The van der Waals surface area contributed by atoms with Crippen LogP contribution in [0.15, 0.2) is 24.3 Å². The maximum absolute atomic E-state index is 6.05. The SMILES string of the molecule is CC[C@@H](N)c1ccc(N(CC)CC2CCCO2)cc1. The lowest BCUT2D eigenvalue weighted by atomic mass is 10.0. The van der Waals surface area contributed by atoms with Gasteiger partial charge in [0.05, 0.1) is 6.10 Å². The number of nitrogens with zero attached hydrogens (tertiary/aromatic N) is 1. The Morgan fingerprint density at radius 3 is 2.58 bits per heavy atom. The molecule has 0 bridgehead atoms. The van der Waals surface area contributed by atoms with Crippen molar-refractivity contribution in [3.63, 3.8) is 0 Å². The predicted octanol–water partition coefficient (Wildman–Crippen LogP) is 3.10. The van der Waals surface area contributed by atoms with Gasteiger partial charge in [-0.2, -0.15) is 0 Å². The monoisotopic (exact) mass is 262 g/mol. The molecule has 1 unspecified atom stereocenters. The average molecular weight is 262 g/mol. The van der Waals surface area contributed by atoms with Crippen LogP contribution < -0.4 is 10.6 Å². The lowest BCUT2D eigenvalue weighted by Crippen LogP contribution is -2.32. The summed E-state index contributed by atoms with van der Waals surface area (Å²) in [5.41, 5.74) is 8.54. The van der Waals surface area contributed by atoms with Gasteiger partial charge in [-0.1, -0.05) is 19.1 Å². The Balaban J connectivity index is 2.01. The van der Waals surface area contributed by atoms with Gasteiger partial charge in [0.1, 0.15) is 0 Å². The third-order valence-electron chi connectivity index (χ3n) is 3.96. The second kappa shape index (κ2) is 6.92. The van der Waals surface area contributed by atoms with E-state index in [1.165, 1.54) is 24.1 Å². The fourth-order valence-corrected chi connectivity index (χ4v) is 2.62. The standard InChI is InChI=1S/C16H26N2O/c1-3-16(17)13-7-9-14(10-8-13)18(4-2)12-15-6-5-11-19-15/h7-10,15-16H,3-6,11-12,17H2,1-2H3/t15?,16-/m1/s1. The van der Waals surface area contributed by atoms with Gasteiger partial charge in [-0.15, -0.1) is 0 Å². The summed E-state index contributed by atoms with van der Waals surface area (Å²) in [4.78, 5) is 2.39. The Labute approximate surface area is 116 Å². The molecular formula is C16H26N2O. The van der Waals surface area contributed by atoms with Gasteiger partial charge in [0, 0.05) is 31.4 Å². The summed E-state index contributed by atoms with van der Waals surface area (Å²) in [5, 5.41) is 0. The molecule has 1 aromatic rings. The van der Waals surface area contributed by atoms with Gasteiger partial charge in [0.15, 0.2) is 0 Å². The fraction of sp³-hybridized carbons (Fsp3) is 0.625. The van der Waals surface area contributed by atoms with E-state index >= 15 is 0 Å². The summed E-state index contributed by atoms with van der Waals surface area (Å²) < 4.78 is 5.72. The first-order chi connectivity index (χ1) is 9.24. The van der Waals surface area contributed by atoms with Gasteiger partial charge in [-0.3, -0.25) is 0 Å². The second-order valence-electron chi connectivity index (χ2n) is 5.28. The Morgan fingerprint density at radius 1 is 1.32 bits per heavy atom. The molecule has 2 rings (SSSR count). The number of hydrogen-bond donors (Lipinski definition) is 1. The Bertz CT molecular complexity index is 371. The molecule has 19 heavy (non-hydrogen) atoms. The van der Waals surface area contributed by atoms with Crippen molar-refractivity contribution in [3.8, 4) is 0 Å². The van der Waals surface area contributed by atoms with Gasteiger partial charge in [-0.25, -0.2) is 0 Å². The van der Waals surface area contributed by atoms with Crippen LogP contribution in [-0.2, 0) is 4.74 Å². The molecule has 0 saturated carbocycles. The molecule has 0 spiro atoms. The molecule has 1 saturated heterocycles. The first-order valence-corrected chi connectivity index (χ1v) is 7.46. The van der Waals surface area contributed by atoms with Crippen molar-refractivity contribution in [1.29, 1.82) is 0 Å². The summed E-state index contributed by atoms with van der Waals surface area (Å²) in [6.07, 6.45) is 3.77. The molecule has 1 heterocycles. The second-order valence-corrected chi connectivity index (χ2v) is 5.28. The van der Waals surface area contributed by atoms with Crippen molar-refractivity contribution in [2.45, 2.75) is 45.3 Å². The molecule has 1 aliphatic heterocycles. The number of rotatable bonds is 6. The summed E-state index contributed by atoms with van der Waals surface area (Å²) >= 11 is 0. The zero-order valence-electron chi connectivity index (χ0n) is 12.1. The summed E-state index contributed by atoms with van der Waals surface area (Å²) in [5.74, 6) is 0. The van der Waals surface area contributed by atoms with Crippen LogP contribution in [0, 0.1) is 0 Å². The summed E-state index contributed by atoms with van der Waals surface area (Å²) in [6.45, 7) is 7.25. The molecule has 1 aromatic carbocycles. The lowest BCUT2D eigenvalue weighted by Gasteiger charge is -2.26. The molecule has 2 atom stereocenters. The highest BCUT2D eigenvalue weighted by Crippen LogP contribution is 2.22. The molecule has 0 radical (unpaired) electrons. The van der Waals surface area contributed by atoms with Gasteiger partial charge in [0.25, 0.3) is 0 Å². The number of anilines is 1. The lowest BCUT2D eigenvalue weighted by molar-refractivity contribution is 0.115. The molecule has 1 fully saturated rings. The van der Waals surface area contributed by atoms with Crippen molar-refractivity contribution in [3.05, 3.63) is 29.8 Å². The smallest absolute Gasteiger partial charge is 0.0750 e. The zero-order chi connectivity index (χ0) is 13.7. The van der Waals surface area contributed by atoms with E-state index in [1.807, 2.05) is 0 Å². The van der Waals surface area contributed by atoms with Crippen LogP contribution in [0.3, 0.4) is 0 Å². The minimum atomic E-state index is 0.155. The van der Waals surface area contributed by atoms with Crippen LogP contribution in [0.1, 0.15) is 44.7 Å². The van der Waals surface area contributed by atoms with E-state index in [9.17, 15) is 0 Å². The molecule has 0 aliphatic carbocycles. The summed E-state index contributed by atoms with van der Waals surface area (Å²) in [7, 11) is 0. The third kappa shape index (κ3) is 3.71. The highest BCUT2D eigenvalue weighted by Gasteiger charge is 2.18. The number of nitrogens with two attached hydrogens (primary N) is 1. The average Bonchev–Trinajstić information content (AvgIpc) is 2.97. The molecular weight excluding hydrogens is 236 g/mol. The Morgan fingerprint density at radius 2 is 2.05 bits per heavy atom. The zero-order valence-corrected chi connectivity index (χ0v) is 12.1. The van der Waals surface area contributed by atoms with Crippen LogP contribution in [0.25, 0.3) is 0 Å². The van der Waals surface area contributed by atoms with Crippen LogP contribution in [0.4, 0.5) is 5.69 Å². The first kappa shape index (κ1) is 14.4. The Hall–Kier alpha value is -1.06. The molecule has 3 heteroatoms. The molecule has 1 aliphatic rings. The van der Waals surface area contributed by atoms with Crippen LogP contribution >= 0.6 is 0 Å². The van der Waals surface area contributed by atoms with E-state index in [-0.39, 0.29) is 6.04 Å². The molecule has 3 nitrogen and oxygen atoms in total. The number of ether oxygens (including phenoxy) is 1. The van der Waals surface area contributed by atoms with Crippen molar-refractivity contribution >= 4 is 5.69 Å². The molecule has 0 amide bonds. The van der Waals surface area contributed by atoms with E-state index in [0.717, 1.165) is 26.1 Å². The molecule has 2 N–H and O–H groups in total. The van der Waals surface area contributed by atoms with Crippen LogP contribution in [0.2, 0.25) is 0 Å². The highest BCUT2D eigenvalue weighted by atomic mass is 16.5. The van der Waals surface area contributed by atoms with E-state index in [1.54, 1.807) is 0 Å². The van der Waals surface area contributed by atoms with Gasteiger partial charge in [-0.05, 0) is 43.9 Å². The van der Waals surface area contributed by atoms with Crippen molar-refractivity contribution in [2.24, 2.45) is 5.73 Å². The van der Waals surface area contributed by atoms with Gasteiger partial charge in [0.2, 0.25) is 0 Å². The number of benzene rings is 1. The van der Waals surface area contributed by atoms with Crippen molar-refractivity contribution in [1.82, 2.24) is 0 Å². The minimum absolute atomic E-state index is 0.155. The normalized spacial score (nSPS) is 20.5. The van der Waals surface area contributed by atoms with E-state index < -0.39 is 0 Å². The maximum atomic E-state index is 6.05. The fourth-order valence-electron chi connectivity index (χ4n) is 2.62. The quantitative estimate of drug-likeness (QED) is 0.856. The Kier molecular flexibility index (Phi) is 5.23. The van der Waals surface area contributed by atoms with Crippen molar-refractivity contribution in [2.75, 3.05) is 24.6 Å². The van der Waals surface area contributed by atoms with Gasteiger partial charge < -0.3 is 15.4 Å². The topological polar surface area (TPSA) is 38.5 Å². The minimum Gasteiger partial charge on any atom is -0.376 e. The van der Waals surface area contributed by atoms with Gasteiger partial charge >= 0.3 is 0 Å². The van der Waals surface area contributed by atoms with Crippen LogP contribution in [0.5, 0.6) is 0 Å². The maximum Gasteiger partial charge on any atom is 0.0750 e. The largest absolute Gasteiger partial charge is 0.376 e. The van der Waals surface area contributed by atoms with E-state index in [4.69, 9.17) is 10.5 Å². The number of likely N-dealkylation sites (N-methyl/N-ethyl adjacent to an activating group) is 1. The summed E-state index contributed by atoms with van der Waals surface area (Å²) in [6, 6.07) is 8.83. The molecule has 106 valence electrons. The molecule has 0 aromatic heterocycles. The predicted molar refractivity (Wildman–Crippen MR) is 80.5 cm³/mol. The highest BCUT2D eigenvalue weighted by molar-refractivity contribution is 5.48.